The van der Waals surface area contributed by atoms with Gasteiger partial charge in [-0.25, -0.2) is 8.78 Å². The van der Waals surface area contributed by atoms with Gasteiger partial charge in [0.2, 0.25) is 0 Å². The lowest BCUT2D eigenvalue weighted by Gasteiger charge is -2.03. The van der Waals surface area contributed by atoms with Crippen LogP contribution in [0.2, 0.25) is 0 Å². The molecule has 0 saturated heterocycles. The van der Waals surface area contributed by atoms with Gasteiger partial charge in [-0.2, -0.15) is 12.6 Å². The number of fused-ring (bicyclic) bond motifs is 1. The molecular weight excluding hydrogens is 178 g/mol. The van der Waals surface area contributed by atoms with Crippen LogP contribution in [-0.4, -0.2) is 0 Å². The van der Waals surface area contributed by atoms with Crippen molar-refractivity contribution in [1.82, 2.24) is 0 Å². The first kappa shape index (κ1) is 8.05. The number of hydrogen-bond acceptors (Lipinski definition) is 1. The first-order valence-corrected chi connectivity index (χ1v) is 4.36. The molecule has 0 radical (unpaired) electrons. The molecule has 0 heterocycles. The summed E-state index contributed by atoms with van der Waals surface area (Å²) in [5.74, 6) is -1.52. The predicted molar refractivity (Wildman–Crippen MR) is 46.4 cm³/mol. The Bertz CT molecular complexity index is 323. The van der Waals surface area contributed by atoms with Crippen LogP contribution < -0.4 is 0 Å². The molecule has 0 spiro atoms. The van der Waals surface area contributed by atoms with E-state index in [-0.39, 0.29) is 5.25 Å². The maximum atomic E-state index is 12.7. The molecule has 0 aromatic heterocycles. The third-order valence-electron chi connectivity index (χ3n) is 2.23. The highest BCUT2D eigenvalue weighted by Crippen LogP contribution is 2.36. The molecule has 1 aliphatic carbocycles. The SMILES string of the molecule is Fc1cc2c(cc1F)C(S)CC2. The molecule has 0 fully saturated rings. The van der Waals surface area contributed by atoms with Gasteiger partial charge in [-0.15, -0.1) is 0 Å². The second-order valence-corrected chi connectivity index (χ2v) is 3.64. The Morgan fingerprint density at radius 1 is 1.25 bits per heavy atom. The third-order valence-corrected chi connectivity index (χ3v) is 2.76. The summed E-state index contributed by atoms with van der Waals surface area (Å²) in [7, 11) is 0. The molecular formula is C9H8F2S. The molecule has 0 N–H and O–H groups in total. The second-order valence-electron chi connectivity index (χ2n) is 3.02. The van der Waals surface area contributed by atoms with E-state index in [0.29, 0.717) is 0 Å². The molecule has 1 aliphatic rings. The normalized spacial score (nSPS) is 21.1. The van der Waals surface area contributed by atoms with Gasteiger partial charge >= 0.3 is 0 Å². The Hall–Kier alpha value is -0.570. The fourth-order valence-electron chi connectivity index (χ4n) is 1.58. The maximum absolute atomic E-state index is 12.7. The summed E-state index contributed by atoms with van der Waals surface area (Å²) in [5, 5.41) is 0.0788. The van der Waals surface area contributed by atoms with Gasteiger partial charge in [-0.3, -0.25) is 0 Å². The molecule has 1 unspecified atom stereocenters. The lowest BCUT2D eigenvalue weighted by molar-refractivity contribution is 0.507. The molecule has 0 bridgehead atoms. The Morgan fingerprint density at radius 3 is 2.67 bits per heavy atom. The summed E-state index contributed by atoms with van der Waals surface area (Å²) in [6.45, 7) is 0. The number of hydrogen-bond donors (Lipinski definition) is 1. The highest BCUT2D eigenvalue weighted by molar-refractivity contribution is 7.80. The van der Waals surface area contributed by atoms with Gasteiger partial charge in [0.15, 0.2) is 11.6 Å². The summed E-state index contributed by atoms with van der Waals surface area (Å²) < 4.78 is 25.4. The highest BCUT2D eigenvalue weighted by atomic mass is 32.1. The smallest absolute Gasteiger partial charge is 0.159 e. The van der Waals surface area contributed by atoms with E-state index in [4.69, 9.17) is 0 Å². The first-order valence-electron chi connectivity index (χ1n) is 3.84. The third kappa shape index (κ3) is 1.12. The zero-order valence-corrected chi connectivity index (χ0v) is 7.24. The van der Waals surface area contributed by atoms with Gasteiger partial charge in [-0.1, -0.05) is 0 Å². The van der Waals surface area contributed by atoms with Crippen molar-refractivity contribution in [2.75, 3.05) is 0 Å². The Morgan fingerprint density at radius 2 is 1.92 bits per heavy atom. The van der Waals surface area contributed by atoms with E-state index in [0.717, 1.165) is 24.0 Å². The molecule has 3 heteroatoms. The second kappa shape index (κ2) is 2.73. The number of halogens is 2. The van der Waals surface area contributed by atoms with Crippen molar-refractivity contribution in [3.05, 3.63) is 34.9 Å². The first-order chi connectivity index (χ1) is 5.68. The minimum absolute atomic E-state index is 0.0788. The molecule has 64 valence electrons. The van der Waals surface area contributed by atoms with Crippen LogP contribution in [0.3, 0.4) is 0 Å². The van der Waals surface area contributed by atoms with Crippen molar-refractivity contribution in [2.24, 2.45) is 0 Å². The van der Waals surface area contributed by atoms with Crippen molar-refractivity contribution in [3.63, 3.8) is 0 Å². The monoisotopic (exact) mass is 186 g/mol. The van der Waals surface area contributed by atoms with E-state index in [9.17, 15) is 8.78 Å². The molecule has 12 heavy (non-hydrogen) atoms. The number of benzene rings is 1. The predicted octanol–water partition coefficient (Wildman–Crippen LogP) is 2.88. The Labute approximate surface area is 75.0 Å². The van der Waals surface area contributed by atoms with Gasteiger partial charge in [0.05, 0.1) is 0 Å². The lowest BCUT2D eigenvalue weighted by Crippen LogP contribution is -1.90. The average molecular weight is 186 g/mol. The topological polar surface area (TPSA) is 0 Å². The van der Waals surface area contributed by atoms with Crippen molar-refractivity contribution in [3.8, 4) is 0 Å². The highest BCUT2D eigenvalue weighted by Gasteiger charge is 2.21. The number of rotatable bonds is 0. The van der Waals surface area contributed by atoms with Crippen LogP contribution in [-0.2, 0) is 6.42 Å². The lowest BCUT2D eigenvalue weighted by atomic mass is 10.1. The average Bonchev–Trinajstić information content (AvgIpc) is 2.35. The van der Waals surface area contributed by atoms with Crippen molar-refractivity contribution in [1.29, 1.82) is 0 Å². The Kier molecular flexibility index (Phi) is 1.83. The van der Waals surface area contributed by atoms with Crippen LogP contribution in [0.5, 0.6) is 0 Å². The summed E-state index contributed by atoms with van der Waals surface area (Å²) in [4.78, 5) is 0. The Balaban J connectivity index is 2.56. The van der Waals surface area contributed by atoms with Crippen LogP contribution >= 0.6 is 12.6 Å². The minimum Gasteiger partial charge on any atom is -0.204 e. The number of aryl methyl sites for hydroxylation is 1. The van der Waals surface area contributed by atoms with Crippen molar-refractivity contribution < 1.29 is 8.78 Å². The van der Waals surface area contributed by atoms with Crippen molar-refractivity contribution >= 4 is 12.6 Å². The zero-order chi connectivity index (χ0) is 8.72. The van der Waals surface area contributed by atoms with E-state index < -0.39 is 11.6 Å². The molecule has 0 amide bonds. The molecule has 0 saturated carbocycles. The van der Waals surface area contributed by atoms with Crippen LogP contribution in [0, 0.1) is 11.6 Å². The van der Waals surface area contributed by atoms with Gasteiger partial charge in [0, 0.05) is 5.25 Å². The molecule has 1 atom stereocenters. The molecule has 0 nitrogen and oxygen atoms in total. The molecule has 0 aliphatic heterocycles. The number of thiol groups is 1. The summed E-state index contributed by atoms with van der Waals surface area (Å²) >= 11 is 4.26. The van der Waals surface area contributed by atoms with E-state index in [1.807, 2.05) is 0 Å². The zero-order valence-electron chi connectivity index (χ0n) is 6.35. The van der Waals surface area contributed by atoms with Crippen LogP contribution in [0.25, 0.3) is 0 Å². The largest absolute Gasteiger partial charge is 0.204 e. The van der Waals surface area contributed by atoms with E-state index in [1.54, 1.807) is 0 Å². The van der Waals surface area contributed by atoms with E-state index >= 15 is 0 Å². The quantitative estimate of drug-likeness (QED) is 0.592. The van der Waals surface area contributed by atoms with Crippen molar-refractivity contribution in [2.45, 2.75) is 18.1 Å². The summed E-state index contributed by atoms with van der Waals surface area (Å²) in [6, 6.07) is 2.54. The minimum atomic E-state index is -0.769. The maximum Gasteiger partial charge on any atom is 0.159 e. The van der Waals surface area contributed by atoms with E-state index in [2.05, 4.69) is 12.6 Å². The van der Waals surface area contributed by atoms with Gasteiger partial charge in [0.1, 0.15) is 0 Å². The van der Waals surface area contributed by atoms with E-state index in [1.165, 1.54) is 12.1 Å². The molecule has 1 aromatic rings. The molecule has 1 aromatic carbocycles. The summed E-state index contributed by atoms with van der Waals surface area (Å²) in [5.41, 5.74) is 1.74. The summed E-state index contributed by atoms with van der Waals surface area (Å²) in [6.07, 6.45) is 1.68. The fourth-order valence-corrected chi connectivity index (χ4v) is 1.95. The van der Waals surface area contributed by atoms with Gasteiger partial charge < -0.3 is 0 Å². The van der Waals surface area contributed by atoms with Crippen LogP contribution in [0.15, 0.2) is 12.1 Å². The van der Waals surface area contributed by atoms with Gasteiger partial charge in [-0.05, 0) is 36.1 Å². The van der Waals surface area contributed by atoms with Crippen LogP contribution in [0.4, 0.5) is 8.78 Å². The molecule has 2 rings (SSSR count). The standard InChI is InChI=1S/C9H8F2S/c10-7-3-5-1-2-9(12)6(5)4-8(7)11/h3-4,9,12H,1-2H2. The van der Waals surface area contributed by atoms with Gasteiger partial charge in [0.25, 0.3) is 0 Å². The fraction of sp³-hybridized carbons (Fsp3) is 0.333. The van der Waals surface area contributed by atoms with Crippen LogP contribution in [0.1, 0.15) is 22.8 Å².